The summed E-state index contributed by atoms with van der Waals surface area (Å²) < 4.78 is 5.43. The quantitative estimate of drug-likeness (QED) is 0.487. The van der Waals surface area contributed by atoms with Gasteiger partial charge in [0, 0.05) is 12.1 Å². The van der Waals surface area contributed by atoms with Gasteiger partial charge in [0.15, 0.2) is 0 Å². The summed E-state index contributed by atoms with van der Waals surface area (Å²) in [6.45, 7) is 5.23. The molecule has 5 heteroatoms. The number of likely N-dealkylation sites (tertiary alicyclic amines) is 1. The van der Waals surface area contributed by atoms with Crippen LogP contribution in [0.25, 0.3) is 0 Å². The molecule has 0 bridgehead atoms. The first-order valence-electron chi connectivity index (χ1n) is 6.46. The number of hydrogen-bond donors (Lipinski definition) is 2. The van der Waals surface area contributed by atoms with Crippen LogP contribution in [0.1, 0.15) is 49.2 Å². The number of hydrazine groups is 1. The minimum absolute atomic E-state index is 0.315. The van der Waals surface area contributed by atoms with Crippen molar-refractivity contribution in [3.8, 4) is 0 Å². The van der Waals surface area contributed by atoms with Crippen LogP contribution in [-0.4, -0.2) is 22.9 Å². The summed E-state index contributed by atoms with van der Waals surface area (Å²) in [6.07, 6.45) is 5.19. The van der Waals surface area contributed by atoms with Gasteiger partial charge in [-0.3, -0.25) is 15.1 Å². The lowest BCUT2D eigenvalue weighted by Crippen LogP contribution is -2.42. The SMILES string of the molecule is C[C@@H]1CCC[C@H](C)N1Cc1cc(C(=O)NN)co1. The standard InChI is InChI=1S/C13H21N3O2/c1-9-4-3-5-10(2)16(9)7-12-6-11(8-18-12)13(17)15-14/h6,8-10H,3-5,7,14H2,1-2H3,(H,15,17)/t9-,10+. The lowest BCUT2D eigenvalue weighted by atomic mass is 9.97. The van der Waals surface area contributed by atoms with E-state index in [0.717, 1.165) is 12.3 Å². The Bertz CT molecular complexity index is 406. The van der Waals surface area contributed by atoms with Crippen LogP contribution in [0.15, 0.2) is 16.7 Å². The fraction of sp³-hybridized carbons (Fsp3) is 0.615. The van der Waals surface area contributed by atoms with Crippen molar-refractivity contribution in [2.75, 3.05) is 0 Å². The highest BCUT2D eigenvalue weighted by Crippen LogP contribution is 2.25. The molecule has 100 valence electrons. The van der Waals surface area contributed by atoms with Crippen LogP contribution in [0.4, 0.5) is 0 Å². The smallest absolute Gasteiger partial charge is 0.268 e. The molecule has 0 aliphatic carbocycles. The molecule has 0 aromatic carbocycles. The van der Waals surface area contributed by atoms with Crippen molar-refractivity contribution in [2.24, 2.45) is 5.84 Å². The molecule has 2 heterocycles. The van der Waals surface area contributed by atoms with Crippen LogP contribution in [-0.2, 0) is 6.54 Å². The number of amides is 1. The van der Waals surface area contributed by atoms with Crippen LogP contribution in [0.2, 0.25) is 0 Å². The summed E-state index contributed by atoms with van der Waals surface area (Å²) in [4.78, 5) is 13.8. The number of nitrogens with two attached hydrogens (primary N) is 1. The van der Waals surface area contributed by atoms with E-state index in [9.17, 15) is 4.79 Å². The summed E-state index contributed by atoms with van der Waals surface area (Å²) in [5, 5.41) is 0. The molecule has 1 aromatic heterocycles. The van der Waals surface area contributed by atoms with Crippen molar-refractivity contribution >= 4 is 5.91 Å². The Labute approximate surface area is 107 Å². The van der Waals surface area contributed by atoms with E-state index in [0.29, 0.717) is 17.6 Å². The molecule has 1 aromatic rings. The van der Waals surface area contributed by atoms with E-state index in [2.05, 4.69) is 24.2 Å². The van der Waals surface area contributed by atoms with Crippen molar-refractivity contribution < 1.29 is 9.21 Å². The third kappa shape index (κ3) is 2.73. The zero-order valence-corrected chi connectivity index (χ0v) is 11.0. The van der Waals surface area contributed by atoms with E-state index < -0.39 is 0 Å². The van der Waals surface area contributed by atoms with Crippen molar-refractivity contribution in [1.29, 1.82) is 0 Å². The summed E-state index contributed by atoms with van der Waals surface area (Å²) in [5.74, 6) is 5.59. The molecular formula is C13H21N3O2. The van der Waals surface area contributed by atoms with Crippen LogP contribution >= 0.6 is 0 Å². The molecule has 0 unspecified atom stereocenters. The number of carbonyl (C=O) groups excluding carboxylic acids is 1. The largest absolute Gasteiger partial charge is 0.467 e. The molecule has 0 saturated carbocycles. The van der Waals surface area contributed by atoms with Crippen LogP contribution in [0, 0.1) is 0 Å². The molecule has 1 aliphatic rings. The normalized spacial score (nSPS) is 25.1. The van der Waals surface area contributed by atoms with Crippen LogP contribution in [0.5, 0.6) is 0 Å². The molecule has 1 aliphatic heterocycles. The molecule has 2 atom stereocenters. The molecule has 1 saturated heterocycles. The Morgan fingerprint density at radius 1 is 1.50 bits per heavy atom. The second-order valence-electron chi connectivity index (χ2n) is 5.08. The lowest BCUT2D eigenvalue weighted by molar-refractivity contribution is 0.0872. The molecule has 2 rings (SSSR count). The molecule has 1 amide bonds. The lowest BCUT2D eigenvalue weighted by Gasteiger charge is -2.38. The molecular weight excluding hydrogens is 230 g/mol. The van der Waals surface area contributed by atoms with Crippen molar-refractivity contribution in [1.82, 2.24) is 10.3 Å². The zero-order chi connectivity index (χ0) is 13.1. The number of nitrogens with zero attached hydrogens (tertiary/aromatic N) is 1. The Kier molecular flexibility index (Phi) is 4.04. The van der Waals surface area contributed by atoms with Crippen LogP contribution < -0.4 is 11.3 Å². The summed E-state index contributed by atoms with van der Waals surface area (Å²) in [5.41, 5.74) is 2.58. The molecule has 5 nitrogen and oxygen atoms in total. The number of piperidine rings is 1. The highest BCUT2D eigenvalue weighted by molar-refractivity contribution is 5.93. The van der Waals surface area contributed by atoms with Crippen molar-refractivity contribution in [3.63, 3.8) is 0 Å². The van der Waals surface area contributed by atoms with E-state index in [1.54, 1.807) is 6.07 Å². The van der Waals surface area contributed by atoms with Gasteiger partial charge >= 0.3 is 0 Å². The topological polar surface area (TPSA) is 71.5 Å². The minimum Gasteiger partial charge on any atom is -0.467 e. The van der Waals surface area contributed by atoms with Crippen LogP contribution in [0.3, 0.4) is 0 Å². The average molecular weight is 251 g/mol. The number of rotatable bonds is 3. The first kappa shape index (κ1) is 13.1. The second kappa shape index (κ2) is 5.54. The van der Waals surface area contributed by atoms with Gasteiger partial charge in [0.05, 0.1) is 12.1 Å². The monoisotopic (exact) mass is 251 g/mol. The fourth-order valence-corrected chi connectivity index (χ4v) is 2.63. The number of nitrogens with one attached hydrogen (secondary N) is 1. The van der Waals surface area contributed by atoms with Crippen molar-refractivity contribution in [2.45, 2.75) is 51.7 Å². The van der Waals surface area contributed by atoms with E-state index in [4.69, 9.17) is 10.3 Å². The number of nitrogen functional groups attached to an aromatic ring is 1. The maximum Gasteiger partial charge on any atom is 0.268 e. The maximum absolute atomic E-state index is 11.3. The van der Waals surface area contributed by atoms with Gasteiger partial charge in [-0.2, -0.15) is 0 Å². The van der Waals surface area contributed by atoms with Gasteiger partial charge in [0.1, 0.15) is 12.0 Å². The number of furan rings is 1. The van der Waals surface area contributed by atoms with E-state index in [1.807, 2.05) is 0 Å². The van der Waals surface area contributed by atoms with Gasteiger partial charge in [0.2, 0.25) is 0 Å². The van der Waals surface area contributed by atoms with Gasteiger partial charge in [-0.25, -0.2) is 5.84 Å². The van der Waals surface area contributed by atoms with Gasteiger partial charge in [0.25, 0.3) is 5.91 Å². The Balaban J connectivity index is 2.04. The van der Waals surface area contributed by atoms with E-state index in [1.165, 1.54) is 25.5 Å². The second-order valence-corrected chi connectivity index (χ2v) is 5.08. The third-order valence-electron chi connectivity index (χ3n) is 3.76. The number of carbonyl (C=O) groups is 1. The Morgan fingerprint density at radius 2 is 2.17 bits per heavy atom. The molecule has 3 N–H and O–H groups in total. The Morgan fingerprint density at radius 3 is 2.78 bits per heavy atom. The first-order valence-corrected chi connectivity index (χ1v) is 6.46. The van der Waals surface area contributed by atoms with Gasteiger partial charge in [-0.15, -0.1) is 0 Å². The van der Waals surface area contributed by atoms with Gasteiger partial charge in [-0.05, 0) is 32.8 Å². The summed E-state index contributed by atoms with van der Waals surface area (Å²) in [6, 6.07) is 2.88. The van der Waals surface area contributed by atoms with Crippen molar-refractivity contribution in [3.05, 3.63) is 23.7 Å². The zero-order valence-electron chi connectivity index (χ0n) is 11.0. The highest BCUT2D eigenvalue weighted by Gasteiger charge is 2.25. The fourth-order valence-electron chi connectivity index (χ4n) is 2.63. The predicted octanol–water partition coefficient (Wildman–Crippen LogP) is 1.65. The third-order valence-corrected chi connectivity index (χ3v) is 3.76. The molecule has 0 radical (unpaired) electrons. The average Bonchev–Trinajstić information content (AvgIpc) is 2.81. The van der Waals surface area contributed by atoms with E-state index in [-0.39, 0.29) is 5.91 Å². The molecule has 0 spiro atoms. The minimum atomic E-state index is -0.315. The summed E-state index contributed by atoms with van der Waals surface area (Å²) in [7, 11) is 0. The Hall–Kier alpha value is -1.33. The first-order chi connectivity index (χ1) is 8.61. The molecule has 18 heavy (non-hydrogen) atoms. The van der Waals surface area contributed by atoms with Gasteiger partial charge in [-0.1, -0.05) is 6.42 Å². The maximum atomic E-state index is 11.3. The molecule has 1 fully saturated rings. The van der Waals surface area contributed by atoms with E-state index >= 15 is 0 Å². The summed E-state index contributed by atoms with van der Waals surface area (Å²) >= 11 is 0. The highest BCUT2D eigenvalue weighted by atomic mass is 16.3. The predicted molar refractivity (Wildman–Crippen MR) is 68.7 cm³/mol. The van der Waals surface area contributed by atoms with Gasteiger partial charge < -0.3 is 4.42 Å². The number of hydrogen-bond acceptors (Lipinski definition) is 4.